The predicted molar refractivity (Wildman–Crippen MR) is 124 cm³/mol. The molecule has 2 aromatic carbocycles. The van der Waals surface area contributed by atoms with Gasteiger partial charge in [0.1, 0.15) is 5.01 Å². The molecule has 164 valence electrons. The van der Waals surface area contributed by atoms with Crippen LogP contribution in [-0.2, 0) is 14.8 Å². The zero-order chi connectivity index (χ0) is 22.0. The average Bonchev–Trinajstić information content (AvgIpc) is 3.47. The molecule has 0 radical (unpaired) electrons. The van der Waals surface area contributed by atoms with Gasteiger partial charge < -0.3 is 10.2 Å². The van der Waals surface area contributed by atoms with Gasteiger partial charge in [0.15, 0.2) is 0 Å². The zero-order valence-corrected chi connectivity index (χ0v) is 19.2. The Balaban J connectivity index is 1.41. The number of nitrogens with one attached hydrogen (secondary N) is 1. The predicted octanol–water partition coefficient (Wildman–Crippen LogP) is 3.71. The Kier molecular flexibility index (Phi) is 6.27. The topological polar surface area (TPSA) is 82.6 Å². The number of hydrogen-bond acceptors (Lipinski definition) is 6. The highest BCUT2D eigenvalue weighted by molar-refractivity contribution is 7.89. The summed E-state index contributed by atoms with van der Waals surface area (Å²) in [5, 5.41) is 3.96. The van der Waals surface area contributed by atoms with E-state index in [0.29, 0.717) is 18.8 Å². The van der Waals surface area contributed by atoms with E-state index >= 15 is 0 Å². The number of sulfonamides is 1. The van der Waals surface area contributed by atoms with Crippen LogP contribution in [0.1, 0.15) is 30.8 Å². The molecule has 1 unspecified atom stereocenters. The Morgan fingerprint density at radius 3 is 2.68 bits per heavy atom. The summed E-state index contributed by atoms with van der Waals surface area (Å²) in [7, 11) is -1.73. The third-order valence-electron chi connectivity index (χ3n) is 5.62. The number of fused-ring (bicyclic) bond motifs is 1. The van der Waals surface area contributed by atoms with Crippen LogP contribution in [-0.4, -0.2) is 55.2 Å². The summed E-state index contributed by atoms with van der Waals surface area (Å²) in [6.45, 7) is 3.15. The monoisotopic (exact) mass is 458 g/mol. The summed E-state index contributed by atoms with van der Waals surface area (Å²) in [4.78, 5) is 19.3. The number of para-hydroxylation sites is 1. The second-order valence-corrected chi connectivity index (χ2v) is 10.7. The number of likely N-dealkylation sites (N-methyl/N-ethyl adjacent to an activating group) is 1. The highest BCUT2D eigenvalue weighted by atomic mass is 32.2. The van der Waals surface area contributed by atoms with Crippen molar-refractivity contribution in [1.29, 1.82) is 0 Å². The number of nitrogens with zero attached hydrogens (tertiary/aromatic N) is 3. The molecule has 1 N–H and O–H groups in total. The molecule has 1 amide bonds. The number of anilines is 1. The fraction of sp³-hybridized carbons (Fsp3) is 0.364. The smallest absolute Gasteiger partial charge is 0.243 e. The molecule has 2 heterocycles. The minimum absolute atomic E-state index is 0.0684. The van der Waals surface area contributed by atoms with Gasteiger partial charge in [-0.2, -0.15) is 4.31 Å². The SMILES string of the molecule is CC(c1nc2ccccc2s1)N(C)C(=O)CNc1cccc(S(=O)(=O)N2CCCC2)c1. The quantitative estimate of drug-likeness (QED) is 0.584. The first kappa shape index (κ1) is 21.7. The number of thiazole rings is 1. The Morgan fingerprint density at radius 1 is 1.19 bits per heavy atom. The summed E-state index contributed by atoms with van der Waals surface area (Å²) in [5.74, 6) is -0.0976. The van der Waals surface area contributed by atoms with Crippen molar-refractivity contribution in [1.82, 2.24) is 14.2 Å². The van der Waals surface area contributed by atoms with Crippen LogP contribution < -0.4 is 5.32 Å². The average molecular weight is 459 g/mol. The molecule has 1 aromatic heterocycles. The van der Waals surface area contributed by atoms with E-state index < -0.39 is 10.0 Å². The van der Waals surface area contributed by atoms with Crippen LogP contribution in [0, 0.1) is 0 Å². The van der Waals surface area contributed by atoms with Gasteiger partial charge in [-0.25, -0.2) is 13.4 Å². The number of hydrogen-bond donors (Lipinski definition) is 1. The van der Waals surface area contributed by atoms with Crippen molar-refractivity contribution in [3.63, 3.8) is 0 Å². The second kappa shape index (κ2) is 8.94. The van der Waals surface area contributed by atoms with E-state index in [4.69, 9.17) is 0 Å². The number of amides is 1. The van der Waals surface area contributed by atoms with Crippen LogP contribution in [0.2, 0.25) is 0 Å². The first-order chi connectivity index (χ1) is 14.9. The Morgan fingerprint density at radius 2 is 1.94 bits per heavy atom. The van der Waals surface area contributed by atoms with Crippen molar-refractivity contribution < 1.29 is 13.2 Å². The maximum Gasteiger partial charge on any atom is 0.243 e. The molecule has 31 heavy (non-hydrogen) atoms. The van der Waals surface area contributed by atoms with E-state index in [-0.39, 0.29) is 23.4 Å². The Bertz CT molecular complexity index is 1150. The van der Waals surface area contributed by atoms with Gasteiger partial charge in [0.25, 0.3) is 0 Å². The van der Waals surface area contributed by atoms with E-state index in [1.54, 1.807) is 47.5 Å². The Labute approximate surface area is 186 Å². The van der Waals surface area contributed by atoms with Crippen LogP contribution in [0.25, 0.3) is 10.2 Å². The van der Waals surface area contributed by atoms with Crippen LogP contribution in [0.3, 0.4) is 0 Å². The molecule has 9 heteroatoms. The molecular weight excluding hydrogens is 432 g/mol. The highest BCUT2D eigenvalue weighted by Gasteiger charge is 2.27. The van der Waals surface area contributed by atoms with Gasteiger partial charge in [0, 0.05) is 25.8 Å². The molecule has 3 aromatic rings. The molecule has 0 spiro atoms. The summed E-state index contributed by atoms with van der Waals surface area (Å²) in [6.07, 6.45) is 1.79. The summed E-state index contributed by atoms with van der Waals surface area (Å²) in [6, 6.07) is 14.4. The van der Waals surface area contributed by atoms with Gasteiger partial charge in [-0.1, -0.05) is 18.2 Å². The van der Waals surface area contributed by atoms with Gasteiger partial charge in [-0.3, -0.25) is 4.79 Å². The maximum atomic E-state index is 12.8. The summed E-state index contributed by atoms with van der Waals surface area (Å²) < 4.78 is 28.2. The summed E-state index contributed by atoms with van der Waals surface area (Å²) >= 11 is 1.59. The highest BCUT2D eigenvalue weighted by Crippen LogP contribution is 2.29. The lowest BCUT2D eigenvalue weighted by Crippen LogP contribution is -2.34. The number of carbonyl (C=O) groups excluding carboxylic acids is 1. The third kappa shape index (κ3) is 4.58. The molecule has 1 fully saturated rings. The summed E-state index contributed by atoms with van der Waals surface area (Å²) in [5.41, 5.74) is 1.54. The normalized spacial score (nSPS) is 15.8. The minimum atomic E-state index is -3.49. The fourth-order valence-corrected chi connectivity index (χ4v) is 6.22. The molecule has 4 rings (SSSR count). The van der Waals surface area contributed by atoms with Crippen LogP contribution >= 0.6 is 11.3 Å². The molecule has 1 aliphatic heterocycles. The lowest BCUT2D eigenvalue weighted by molar-refractivity contribution is -0.129. The zero-order valence-electron chi connectivity index (χ0n) is 17.6. The third-order valence-corrected chi connectivity index (χ3v) is 8.72. The van der Waals surface area contributed by atoms with Gasteiger partial charge in [0.2, 0.25) is 15.9 Å². The number of carbonyl (C=O) groups is 1. The first-order valence-electron chi connectivity index (χ1n) is 10.3. The van der Waals surface area contributed by atoms with Crippen molar-refractivity contribution in [3.8, 4) is 0 Å². The van der Waals surface area contributed by atoms with Gasteiger partial charge in [0.05, 0.1) is 27.7 Å². The first-order valence-corrected chi connectivity index (χ1v) is 12.6. The fourth-order valence-electron chi connectivity index (χ4n) is 3.60. The van der Waals surface area contributed by atoms with E-state index in [1.165, 1.54) is 4.31 Å². The van der Waals surface area contributed by atoms with Gasteiger partial charge >= 0.3 is 0 Å². The number of benzene rings is 2. The number of aromatic nitrogens is 1. The molecular formula is C22H26N4O3S2. The second-order valence-electron chi connectivity index (χ2n) is 7.69. The van der Waals surface area contributed by atoms with Crippen LogP contribution in [0.15, 0.2) is 53.4 Å². The molecule has 7 nitrogen and oxygen atoms in total. The van der Waals surface area contributed by atoms with E-state index in [0.717, 1.165) is 28.1 Å². The minimum Gasteiger partial charge on any atom is -0.376 e. The van der Waals surface area contributed by atoms with Crippen molar-refractivity contribution in [2.24, 2.45) is 0 Å². The number of rotatable bonds is 7. The van der Waals surface area contributed by atoms with E-state index in [9.17, 15) is 13.2 Å². The van der Waals surface area contributed by atoms with Crippen LogP contribution in [0.4, 0.5) is 5.69 Å². The van der Waals surface area contributed by atoms with E-state index in [1.807, 2.05) is 31.2 Å². The van der Waals surface area contributed by atoms with Crippen molar-refractivity contribution in [3.05, 3.63) is 53.5 Å². The Hall–Kier alpha value is -2.49. The molecule has 1 aliphatic rings. The standard InChI is InChI=1S/C22H26N4O3S2/c1-16(22-24-19-10-3-4-11-20(19)30-22)25(2)21(27)15-23-17-8-7-9-18(14-17)31(28,29)26-12-5-6-13-26/h3-4,7-11,14,16,23H,5-6,12-13,15H2,1-2H3. The van der Waals surface area contributed by atoms with Crippen molar-refractivity contribution >= 4 is 43.2 Å². The lowest BCUT2D eigenvalue weighted by Gasteiger charge is -2.23. The van der Waals surface area contributed by atoms with E-state index in [2.05, 4.69) is 10.3 Å². The molecule has 0 bridgehead atoms. The molecule has 1 saturated heterocycles. The molecule has 1 atom stereocenters. The van der Waals surface area contributed by atoms with Gasteiger partial charge in [-0.05, 0) is 50.1 Å². The maximum absolute atomic E-state index is 12.8. The largest absolute Gasteiger partial charge is 0.376 e. The van der Waals surface area contributed by atoms with Crippen molar-refractivity contribution in [2.45, 2.75) is 30.7 Å². The molecule has 0 aliphatic carbocycles. The lowest BCUT2D eigenvalue weighted by atomic mass is 10.3. The van der Waals surface area contributed by atoms with Crippen molar-refractivity contribution in [2.75, 3.05) is 32.0 Å². The van der Waals surface area contributed by atoms with Crippen LogP contribution in [0.5, 0.6) is 0 Å². The van der Waals surface area contributed by atoms with Gasteiger partial charge in [-0.15, -0.1) is 11.3 Å². The molecule has 0 saturated carbocycles.